The van der Waals surface area contributed by atoms with Crippen LogP contribution in [0.4, 0.5) is 0 Å². The monoisotopic (exact) mass is 492 g/mol. The molecule has 1 aliphatic rings. The van der Waals surface area contributed by atoms with Crippen molar-refractivity contribution in [1.82, 2.24) is 9.62 Å². The van der Waals surface area contributed by atoms with Gasteiger partial charge >= 0.3 is 10.3 Å². The molecular weight excluding hydrogens is 480 g/mol. The number of amides is 2. The van der Waals surface area contributed by atoms with Crippen molar-refractivity contribution in [1.29, 1.82) is 0 Å². The van der Waals surface area contributed by atoms with Crippen molar-refractivity contribution >= 4 is 49.6 Å². The lowest BCUT2D eigenvalue weighted by Gasteiger charge is -2.42. The fourth-order valence-corrected chi connectivity index (χ4v) is 4.25. The van der Waals surface area contributed by atoms with Crippen LogP contribution in [0.3, 0.4) is 0 Å². The van der Waals surface area contributed by atoms with Crippen molar-refractivity contribution in [2.24, 2.45) is 0 Å². The first-order valence-corrected chi connectivity index (χ1v) is 10.4. The molecule has 1 saturated heterocycles. The molecule has 2 heterocycles. The van der Waals surface area contributed by atoms with Gasteiger partial charge in [0.2, 0.25) is 0 Å². The lowest BCUT2D eigenvalue weighted by Crippen LogP contribution is -2.70. The summed E-state index contributed by atoms with van der Waals surface area (Å²) >= 11 is 9.34. The Hall–Kier alpha value is -2.08. The van der Waals surface area contributed by atoms with Crippen molar-refractivity contribution in [3.8, 4) is 5.75 Å². The molecule has 2 aromatic rings. The molecular formula is C16H14BrClN2O7S. The highest BCUT2D eigenvalue weighted by atomic mass is 79.9. The Morgan fingerprint density at radius 2 is 2.11 bits per heavy atom. The van der Waals surface area contributed by atoms with Gasteiger partial charge in [0, 0.05) is 4.47 Å². The van der Waals surface area contributed by atoms with Gasteiger partial charge in [-0.2, -0.15) is 8.42 Å². The fraction of sp³-hybridized carbons (Fsp3) is 0.250. The Balaban J connectivity index is 1.59. The SMILES string of the molecule is C[C@H]1[C@H](NC(=O)c2ccc(COc3ccc(Br)cc3Cl)o2)C(=O)N1S(=O)(=O)O. The summed E-state index contributed by atoms with van der Waals surface area (Å²) in [7, 11) is -4.65. The van der Waals surface area contributed by atoms with E-state index in [4.69, 9.17) is 25.3 Å². The average molecular weight is 494 g/mol. The minimum absolute atomic E-state index is 0.0178. The number of hydrogen-bond donors (Lipinski definition) is 2. The van der Waals surface area contributed by atoms with E-state index in [1.165, 1.54) is 19.1 Å². The van der Waals surface area contributed by atoms with Gasteiger partial charge in [-0.15, -0.1) is 0 Å². The summed E-state index contributed by atoms with van der Waals surface area (Å²) in [6.45, 7) is 1.40. The average Bonchev–Trinajstić information content (AvgIpc) is 3.06. The topological polar surface area (TPSA) is 126 Å². The Labute approximate surface area is 173 Å². The molecule has 3 rings (SSSR count). The molecule has 28 heavy (non-hydrogen) atoms. The molecule has 0 saturated carbocycles. The molecule has 2 N–H and O–H groups in total. The summed E-state index contributed by atoms with van der Waals surface area (Å²) in [6.07, 6.45) is 0. The molecule has 0 aliphatic carbocycles. The maximum Gasteiger partial charge on any atom is 0.362 e. The van der Waals surface area contributed by atoms with E-state index in [1.807, 2.05) is 0 Å². The second-order valence-electron chi connectivity index (χ2n) is 5.93. The molecule has 0 radical (unpaired) electrons. The summed E-state index contributed by atoms with van der Waals surface area (Å²) in [5.74, 6) is -0.926. The van der Waals surface area contributed by atoms with E-state index in [2.05, 4.69) is 21.2 Å². The quantitative estimate of drug-likeness (QED) is 0.467. The largest absolute Gasteiger partial charge is 0.484 e. The van der Waals surface area contributed by atoms with Crippen LogP contribution >= 0.6 is 27.5 Å². The van der Waals surface area contributed by atoms with Gasteiger partial charge in [0.25, 0.3) is 11.8 Å². The zero-order chi connectivity index (χ0) is 20.6. The van der Waals surface area contributed by atoms with E-state index in [0.29, 0.717) is 20.8 Å². The third-order valence-electron chi connectivity index (χ3n) is 4.02. The summed E-state index contributed by atoms with van der Waals surface area (Å²) in [4.78, 5) is 24.0. The lowest BCUT2D eigenvalue weighted by atomic mass is 10.0. The number of hydrogen-bond acceptors (Lipinski definition) is 6. The van der Waals surface area contributed by atoms with Crippen LogP contribution < -0.4 is 10.1 Å². The summed E-state index contributed by atoms with van der Waals surface area (Å²) in [5, 5.41) is 2.77. The number of nitrogens with zero attached hydrogens (tertiary/aromatic N) is 1. The second kappa shape index (κ2) is 7.74. The predicted octanol–water partition coefficient (Wildman–Crippen LogP) is 2.41. The molecule has 2 atom stereocenters. The van der Waals surface area contributed by atoms with Gasteiger partial charge in [-0.3, -0.25) is 14.1 Å². The van der Waals surface area contributed by atoms with Crippen molar-refractivity contribution < 1.29 is 31.7 Å². The maximum atomic E-state index is 12.2. The van der Waals surface area contributed by atoms with Crippen LogP contribution in [-0.4, -0.2) is 41.2 Å². The molecule has 2 amide bonds. The van der Waals surface area contributed by atoms with Crippen LogP contribution in [-0.2, 0) is 21.7 Å². The fourth-order valence-electron chi connectivity index (χ4n) is 2.63. The van der Waals surface area contributed by atoms with E-state index in [9.17, 15) is 18.0 Å². The molecule has 1 fully saturated rings. The first-order valence-electron chi connectivity index (χ1n) is 7.86. The zero-order valence-corrected chi connectivity index (χ0v) is 17.4. The van der Waals surface area contributed by atoms with Gasteiger partial charge in [0.1, 0.15) is 24.2 Å². The van der Waals surface area contributed by atoms with Crippen LogP contribution in [0.2, 0.25) is 5.02 Å². The smallest absolute Gasteiger partial charge is 0.362 e. The lowest BCUT2D eigenvalue weighted by molar-refractivity contribution is -0.141. The molecule has 0 unspecified atom stereocenters. The highest BCUT2D eigenvalue weighted by Crippen LogP contribution is 2.28. The summed E-state index contributed by atoms with van der Waals surface area (Å²) in [5.41, 5.74) is 0. The van der Waals surface area contributed by atoms with E-state index in [-0.39, 0.29) is 12.4 Å². The first-order chi connectivity index (χ1) is 13.1. The summed E-state index contributed by atoms with van der Waals surface area (Å²) in [6, 6.07) is 6.03. The molecule has 12 heteroatoms. The normalized spacial score (nSPS) is 19.3. The van der Waals surface area contributed by atoms with E-state index in [0.717, 1.165) is 4.47 Å². The van der Waals surface area contributed by atoms with Crippen molar-refractivity contribution in [2.45, 2.75) is 25.6 Å². The molecule has 1 aromatic heterocycles. The molecule has 150 valence electrons. The van der Waals surface area contributed by atoms with Gasteiger partial charge in [-0.1, -0.05) is 27.5 Å². The standard InChI is InChI=1S/C16H14BrClN2O7S/c1-8-14(16(22)20(8)28(23,24)25)19-15(21)13-5-3-10(27-13)7-26-12-4-2-9(17)6-11(12)18/h2-6,8,14H,7H2,1H3,(H,19,21)(H,23,24,25)/t8-,14-/m0/s1. The van der Waals surface area contributed by atoms with Crippen LogP contribution in [0.25, 0.3) is 0 Å². The highest BCUT2D eigenvalue weighted by Gasteiger charge is 2.51. The number of ether oxygens (including phenoxy) is 1. The van der Waals surface area contributed by atoms with Crippen molar-refractivity contribution in [3.63, 3.8) is 0 Å². The van der Waals surface area contributed by atoms with Crippen LogP contribution in [0.5, 0.6) is 5.75 Å². The highest BCUT2D eigenvalue weighted by molar-refractivity contribution is 9.10. The minimum Gasteiger partial charge on any atom is -0.484 e. The van der Waals surface area contributed by atoms with Gasteiger partial charge in [-0.05, 0) is 37.3 Å². The third-order valence-corrected chi connectivity index (χ3v) is 5.82. The summed E-state index contributed by atoms with van der Waals surface area (Å²) < 4.78 is 43.1. The Bertz CT molecular complexity index is 1040. The number of rotatable bonds is 6. The van der Waals surface area contributed by atoms with E-state index < -0.39 is 34.2 Å². The number of carbonyl (C=O) groups excluding carboxylic acids is 2. The molecule has 0 bridgehead atoms. The van der Waals surface area contributed by atoms with E-state index >= 15 is 0 Å². The Morgan fingerprint density at radius 3 is 2.71 bits per heavy atom. The third kappa shape index (κ3) is 4.17. The first kappa shape index (κ1) is 20.6. The molecule has 1 aliphatic heterocycles. The number of halogens is 2. The Kier molecular flexibility index (Phi) is 5.71. The van der Waals surface area contributed by atoms with Crippen LogP contribution in [0.1, 0.15) is 23.2 Å². The Morgan fingerprint density at radius 1 is 1.39 bits per heavy atom. The zero-order valence-electron chi connectivity index (χ0n) is 14.3. The van der Waals surface area contributed by atoms with E-state index in [1.54, 1.807) is 18.2 Å². The van der Waals surface area contributed by atoms with Crippen molar-refractivity contribution in [2.75, 3.05) is 0 Å². The number of benzene rings is 1. The predicted molar refractivity (Wildman–Crippen MR) is 101 cm³/mol. The maximum absolute atomic E-state index is 12.2. The molecule has 9 nitrogen and oxygen atoms in total. The molecule has 0 spiro atoms. The van der Waals surface area contributed by atoms with Gasteiger partial charge < -0.3 is 14.5 Å². The second-order valence-corrected chi connectivity index (χ2v) is 8.54. The van der Waals surface area contributed by atoms with Gasteiger partial charge in [-0.25, -0.2) is 4.31 Å². The van der Waals surface area contributed by atoms with Crippen molar-refractivity contribution in [3.05, 3.63) is 51.3 Å². The number of carbonyl (C=O) groups is 2. The van der Waals surface area contributed by atoms with Gasteiger partial charge in [0.15, 0.2) is 5.76 Å². The van der Waals surface area contributed by atoms with Gasteiger partial charge in [0.05, 0.1) is 11.1 Å². The number of β-lactam (4-membered cyclic amide) rings is 1. The van der Waals surface area contributed by atoms with Crippen LogP contribution in [0, 0.1) is 0 Å². The number of nitrogens with one attached hydrogen (secondary N) is 1. The minimum atomic E-state index is -4.65. The number of furan rings is 1. The molecule has 1 aromatic carbocycles. The van der Waals surface area contributed by atoms with Crippen LogP contribution in [0.15, 0.2) is 39.2 Å².